The number of carbonyl (C=O) groups is 2. The van der Waals surface area contributed by atoms with E-state index >= 15 is 0 Å². The van der Waals surface area contributed by atoms with Crippen molar-refractivity contribution in [3.05, 3.63) is 35.4 Å². The molecule has 1 atom stereocenters. The summed E-state index contributed by atoms with van der Waals surface area (Å²) in [5, 5.41) is 0. The molecule has 1 aromatic rings. The molecule has 1 aromatic carbocycles. The van der Waals surface area contributed by atoms with Gasteiger partial charge in [0.25, 0.3) is 0 Å². The van der Waals surface area contributed by atoms with Crippen LogP contribution in [-0.2, 0) is 0 Å². The Morgan fingerprint density at radius 3 is 2.45 bits per heavy atom. The lowest BCUT2D eigenvalue weighted by molar-refractivity contribution is 0.0831. The minimum Gasteiger partial charge on any atom is -0.331 e. The van der Waals surface area contributed by atoms with Gasteiger partial charge >= 0.3 is 6.03 Å². The molecule has 108 valence electrons. The van der Waals surface area contributed by atoms with Crippen molar-refractivity contribution in [1.29, 1.82) is 0 Å². The van der Waals surface area contributed by atoms with Crippen LogP contribution in [-0.4, -0.2) is 48.8 Å². The lowest BCUT2D eigenvalue weighted by Gasteiger charge is -2.33. The second kappa shape index (κ2) is 6.07. The molecule has 0 bridgehead atoms. The first-order valence-corrected chi connectivity index (χ1v) is 7.06. The van der Waals surface area contributed by atoms with E-state index in [1.54, 1.807) is 23.9 Å². The van der Waals surface area contributed by atoms with Gasteiger partial charge < -0.3 is 9.80 Å². The van der Waals surface area contributed by atoms with Gasteiger partial charge in [-0.15, -0.1) is 0 Å². The molecule has 0 aliphatic carbocycles. The number of piperidine rings is 1. The van der Waals surface area contributed by atoms with Crippen LogP contribution in [0.15, 0.2) is 24.3 Å². The summed E-state index contributed by atoms with van der Waals surface area (Å²) in [6.45, 7) is 3.28. The van der Waals surface area contributed by atoms with Gasteiger partial charge in [-0.2, -0.15) is 0 Å². The molecule has 0 N–H and O–H groups in total. The van der Waals surface area contributed by atoms with Gasteiger partial charge in [-0.25, -0.2) is 4.79 Å². The summed E-state index contributed by atoms with van der Waals surface area (Å²) >= 11 is 0. The Morgan fingerprint density at radius 1 is 1.20 bits per heavy atom. The van der Waals surface area contributed by atoms with Crippen LogP contribution < -0.4 is 0 Å². The van der Waals surface area contributed by atoms with Crippen molar-refractivity contribution in [2.45, 2.75) is 19.8 Å². The number of aryl methyl sites for hydroxylation is 1. The minimum atomic E-state index is -0.0737. The van der Waals surface area contributed by atoms with Crippen LogP contribution in [0.25, 0.3) is 0 Å². The summed E-state index contributed by atoms with van der Waals surface area (Å²) in [7, 11) is 3.49. The summed E-state index contributed by atoms with van der Waals surface area (Å²) in [6, 6.07) is 7.67. The van der Waals surface area contributed by atoms with E-state index in [0.717, 1.165) is 30.5 Å². The van der Waals surface area contributed by atoms with Crippen molar-refractivity contribution >= 4 is 11.8 Å². The van der Waals surface area contributed by atoms with Crippen LogP contribution in [0.3, 0.4) is 0 Å². The maximum atomic E-state index is 12.5. The van der Waals surface area contributed by atoms with Crippen molar-refractivity contribution < 1.29 is 9.59 Å². The van der Waals surface area contributed by atoms with E-state index in [1.165, 1.54) is 0 Å². The van der Waals surface area contributed by atoms with Crippen LogP contribution >= 0.6 is 0 Å². The monoisotopic (exact) mass is 274 g/mol. The fourth-order valence-corrected chi connectivity index (χ4v) is 2.60. The fraction of sp³-hybridized carbons (Fsp3) is 0.500. The van der Waals surface area contributed by atoms with E-state index in [-0.39, 0.29) is 17.7 Å². The average Bonchev–Trinajstić information content (AvgIpc) is 2.46. The molecule has 0 saturated carbocycles. The maximum Gasteiger partial charge on any atom is 0.319 e. The van der Waals surface area contributed by atoms with Crippen molar-refractivity contribution in [1.82, 2.24) is 9.80 Å². The number of ketones is 1. The van der Waals surface area contributed by atoms with E-state index in [9.17, 15) is 9.59 Å². The third-order valence-electron chi connectivity index (χ3n) is 3.78. The van der Waals surface area contributed by atoms with Gasteiger partial charge in [0.15, 0.2) is 5.78 Å². The van der Waals surface area contributed by atoms with Crippen molar-refractivity contribution in [2.24, 2.45) is 5.92 Å². The number of Topliss-reactive ketones (excluding diaryl/α,β-unsaturated/α-hetero) is 1. The molecule has 4 heteroatoms. The molecule has 1 aliphatic heterocycles. The second-order valence-corrected chi connectivity index (χ2v) is 5.69. The van der Waals surface area contributed by atoms with Crippen LogP contribution in [0.5, 0.6) is 0 Å². The predicted molar refractivity (Wildman–Crippen MR) is 78.9 cm³/mol. The third-order valence-corrected chi connectivity index (χ3v) is 3.78. The number of hydrogen-bond donors (Lipinski definition) is 0. The smallest absolute Gasteiger partial charge is 0.319 e. The Morgan fingerprint density at radius 2 is 1.85 bits per heavy atom. The minimum absolute atomic E-state index is 0.00796. The quantitative estimate of drug-likeness (QED) is 0.778. The zero-order chi connectivity index (χ0) is 14.7. The van der Waals surface area contributed by atoms with Crippen molar-refractivity contribution in [2.75, 3.05) is 27.2 Å². The summed E-state index contributed by atoms with van der Waals surface area (Å²) in [6.07, 6.45) is 1.76. The summed E-state index contributed by atoms with van der Waals surface area (Å²) in [5.41, 5.74) is 1.90. The Kier molecular flexibility index (Phi) is 4.42. The highest BCUT2D eigenvalue weighted by Gasteiger charge is 2.29. The molecule has 1 aliphatic rings. The van der Waals surface area contributed by atoms with E-state index in [1.807, 2.05) is 31.2 Å². The molecule has 0 aromatic heterocycles. The van der Waals surface area contributed by atoms with E-state index in [2.05, 4.69) is 0 Å². The van der Waals surface area contributed by atoms with Crippen LogP contribution in [0.2, 0.25) is 0 Å². The Balaban J connectivity index is 2.07. The summed E-state index contributed by atoms with van der Waals surface area (Å²) in [4.78, 5) is 27.8. The number of likely N-dealkylation sites (tertiary alicyclic amines) is 1. The van der Waals surface area contributed by atoms with Gasteiger partial charge in [0.1, 0.15) is 0 Å². The molecule has 20 heavy (non-hydrogen) atoms. The zero-order valence-corrected chi connectivity index (χ0v) is 12.4. The lowest BCUT2D eigenvalue weighted by Crippen LogP contribution is -2.46. The third kappa shape index (κ3) is 3.18. The Hall–Kier alpha value is -1.84. The van der Waals surface area contributed by atoms with Gasteiger partial charge in [0.2, 0.25) is 0 Å². The number of benzene rings is 1. The number of hydrogen-bond acceptors (Lipinski definition) is 2. The first-order chi connectivity index (χ1) is 9.49. The molecule has 0 spiro atoms. The Labute approximate surface area is 120 Å². The molecular weight excluding hydrogens is 252 g/mol. The summed E-state index contributed by atoms with van der Waals surface area (Å²) in [5.74, 6) is 0.0802. The summed E-state index contributed by atoms with van der Waals surface area (Å²) < 4.78 is 0. The highest BCUT2D eigenvalue weighted by atomic mass is 16.2. The van der Waals surface area contributed by atoms with Crippen LogP contribution in [0.1, 0.15) is 28.8 Å². The average molecular weight is 274 g/mol. The van der Waals surface area contributed by atoms with Crippen LogP contribution in [0, 0.1) is 12.8 Å². The van der Waals surface area contributed by atoms with Gasteiger partial charge in [0.05, 0.1) is 0 Å². The topological polar surface area (TPSA) is 40.6 Å². The molecule has 1 fully saturated rings. The molecule has 2 rings (SSSR count). The first-order valence-electron chi connectivity index (χ1n) is 7.06. The van der Waals surface area contributed by atoms with Gasteiger partial charge in [-0.1, -0.05) is 29.8 Å². The molecule has 4 nitrogen and oxygen atoms in total. The van der Waals surface area contributed by atoms with E-state index < -0.39 is 0 Å². The van der Waals surface area contributed by atoms with Crippen molar-refractivity contribution in [3.63, 3.8) is 0 Å². The predicted octanol–water partition coefficient (Wildman–Crippen LogP) is 2.57. The van der Waals surface area contributed by atoms with Crippen LogP contribution in [0.4, 0.5) is 4.79 Å². The molecule has 2 amide bonds. The Bertz CT molecular complexity index is 494. The number of amides is 2. The normalized spacial score (nSPS) is 18.8. The van der Waals surface area contributed by atoms with Crippen molar-refractivity contribution in [3.8, 4) is 0 Å². The van der Waals surface area contributed by atoms with Gasteiger partial charge in [-0.3, -0.25) is 4.79 Å². The number of nitrogens with zero attached hydrogens (tertiary/aromatic N) is 2. The number of carbonyl (C=O) groups excluding carboxylic acids is 2. The van der Waals surface area contributed by atoms with Gasteiger partial charge in [0, 0.05) is 38.7 Å². The first kappa shape index (κ1) is 14.6. The van der Waals surface area contributed by atoms with E-state index in [4.69, 9.17) is 0 Å². The lowest BCUT2D eigenvalue weighted by atomic mass is 9.90. The standard InChI is InChI=1S/C16H22N2O2/c1-12-6-8-13(9-7-12)15(19)14-5-4-10-18(11-14)16(20)17(2)3/h6-9,14H,4-5,10-11H2,1-3H3. The van der Waals surface area contributed by atoms with E-state index in [0.29, 0.717) is 6.54 Å². The second-order valence-electron chi connectivity index (χ2n) is 5.69. The molecule has 1 heterocycles. The number of urea groups is 1. The largest absolute Gasteiger partial charge is 0.331 e. The fourth-order valence-electron chi connectivity index (χ4n) is 2.60. The van der Waals surface area contributed by atoms with Gasteiger partial charge in [-0.05, 0) is 19.8 Å². The SMILES string of the molecule is Cc1ccc(C(=O)C2CCCN(C(=O)N(C)C)C2)cc1. The number of rotatable bonds is 2. The highest BCUT2D eigenvalue weighted by Crippen LogP contribution is 2.21. The zero-order valence-electron chi connectivity index (χ0n) is 12.4. The molecule has 1 unspecified atom stereocenters. The molecular formula is C16H22N2O2. The molecule has 1 saturated heterocycles. The highest BCUT2D eigenvalue weighted by molar-refractivity contribution is 5.98. The molecule has 0 radical (unpaired) electrons. The maximum absolute atomic E-state index is 12.5.